The van der Waals surface area contributed by atoms with E-state index in [0.717, 1.165) is 6.07 Å². The van der Waals surface area contributed by atoms with E-state index < -0.39 is 22.5 Å². The average Bonchev–Trinajstić information content (AvgIpc) is 2.52. The molecule has 0 unspecified atom stereocenters. The monoisotopic (exact) mass is 433 g/mol. The molecule has 140 valence electrons. The molecule has 0 aliphatic heterocycles. The zero-order valence-electron chi connectivity index (χ0n) is 14.1. The predicted octanol–water partition coefficient (Wildman–Crippen LogP) is 5.59. The van der Waals surface area contributed by atoms with Gasteiger partial charge in [-0.15, -0.1) is 13.2 Å². The molecule has 0 spiro atoms. The van der Waals surface area contributed by atoms with Crippen molar-refractivity contribution in [1.29, 1.82) is 0 Å². The number of alkyl halides is 3. The van der Waals surface area contributed by atoms with Crippen LogP contribution in [0.3, 0.4) is 0 Å². The van der Waals surface area contributed by atoms with Gasteiger partial charge in [0, 0.05) is 28.1 Å². The zero-order chi connectivity index (χ0) is 19.7. The topological polar surface area (TPSA) is 61.6 Å². The Morgan fingerprint density at radius 2 is 1.58 bits per heavy atom. The van der Waals surface area contributed by atoms with Gasteiger partial charge in [0.2, 0.25) is 0 Å². The molecule has 0 heterocycles. The molecule has 0 amide bonds. The van der Waals surface area contributed by atoms with Gasteiger partial charge in [-0.3, -0.25) is 10.1 Å². The van der Waals surface area contributed by atoms with Crippen molar-refractivity contribution in [3.05, 3.63) is 62.1 Å². The smallest absolute Gasteiger partial charge is 0.497 e. The third-order valence-corrected chi connectivity index (χ3v) is 4.34. The number of rotatable bonds is 5. The summed E-state index contributed by atoms with van der Waals surface area (Å²) >= 11 is 3.23. The Balaban J connectivity index is 2.58. The summed E-state index contributed by atoms with van der Waals surface area (Å²) in [6.07, 6.45) is -4.84. The highest BCUT2D eigenvalue weighted by Gasteiger charge is 2.33. The Morgan fingerprint density at radius 1 is 1.00 bits per heavy atom. The first-order chi connectivity index (χ1) is 11.9. The zero-order valence-corrected chi connectivity index (χ0v) is 15.6. The lowest BCUT2D eigenvalue weighted by Crippen LogP contribution is -2.21. The van der Waals surface area contributed by atoms with E-state index in [4.69, 9.17) is 4.74 Å². The van der Waals surface area contributed by atoms with Gasteiger partial charge in [-0.05, 0) is 29.3 Å². The minimum atomic E-state index is -4.84. The Bertz CT molecular complexity index is 837. The summed E-state index contributed by atoms with van der Waals surface area (Å²) in [4.78, 5) is 10.6. The maximum atomic E-state index is 12.6. The lowest BCUT2D eigenvalue weighted by atomic mass is 9.78. The van der Waals surface area contributed by atoms with Gasteiger partial charge < -0.3 is 9.47 Å². The van der Waals surface area contributed by atoms with Crippen molar-refractivity contribution in [2.24, 2.45) is 0 Å². The number of non-ortho nitro benzene ring substituents is 1. The van der Waals surface area contributed by atoms with Gasteiger partial charge >= 0.3 is 6.36 Å². The molecule has 2 aromatic rings. The lowest BCUT2D eigenvalue weighted by Gasteiger charge is -2.27. The molecule has 0 N–H and O–H groups in total. The summed E-state index contributed by atoms with van der Waals surface area (Å²) in [5.74, 6) is -0.247. The van der Waals surface area contributed by atoms with Crippen LogP contribution in [0.2, 0.25) is 0 Å². The molecule has 0 saturated heterocycles. The summed E-state index contributed by atoms with van der Waals surface area (Å²) in [6, 6.07) is 8.34. The highest BCUT2D eigenvalue weighted by atomic mass is 79.9. The van der Waals surface area contributed by atoms with Gasteiger partial charge in [0.15, 0.2) is 0 Å². The predicted molar refractivity (Wildman–Crippen MR) is 92.6 cm³/mol. The van der Waals surface area contributed by atoms with Crippen LogP contribution in [-0.2, 0) is 5.41 Å². The first-order valence-corrected chi connectivity index (χ1v) is 8.12. The van der Waals surface area contributed by atoms with Crippen molar-refractivity contribution in [1.82, 2.24) is 0 Å². The Morgan fingerprint density at radius 3 is 2.12 bits per heavy atom. The van der Waals surface area contributed by atoms with Crippen LogP contribution in [0.4, 0.5) is 18.9 Å². The Kier molecular flexibility index (Phi) is 5.50. The van der Waals surface area contributed by atoms with Crippen LogP contribution in [0.5, 0.6) is 11.5 Å². The van der Waals surface area contributed by atoms with Crippen LogP contribution >= 0.6 is 15.9 Å². The van der Waals surface area contributed by atoms with Gasteiger partial charge in [0.1, 0.15) is 11.5 Å². The van der Waals surface area contributed by atoms with Crippen molar-refractivity contribution >= 4 is 21.6 Å². The first kappa shape index (κ1) is 20.0. The number of benzene rings is 2. The van der Waals surface area contributed by atoms with E-state index in [9.17, 15) is 23.3 Å². The standard InChI is InChI=1S/C17H15BrF3NO4/c1-16(2,10-4-12(18)8-13(5-10)22(23)24)11-6-14(25-3)9-15(7-11)26-17(19,20)21/h4-9H,1-3H3. The van der Waals surface area contributed by atoms with Crippen molar-refractivity contribution < 1.29 is 27.6 Å². The number of ether oxygens (including phenoxy) is 2. The van der Waals surface area contributed by atoms with E-state index in [2.05, 4.69) is 20.7 Å². The fourth-order valence-corrected chi connectivity index (χ4v) is 2.93. The molecule has 0 fully saturated rings. The highest BCUT2D eigenvalue weighted by molar-refractivity contribution is 9.10. The van der Waals surface area contributed by atoms with Crippen LogP contribution in [0, 0.1) is 10.1 Å². The van der Waals surface area contributed by atoms with Gasteiger partial charge in [-0.2, -0.15) is 0 Å². The number of nitrogens with zero attached hydrogens (tertiary/aromatic N) is 1. The number of hydrogen-bond acceptors (Lipinski definition) is 4. The van der Waals surface area contributed by atoms with Gasteiger partial charge in [0.05, 0.1) is 12.0 Å². The van der Waals surface area contributed by atoms with E-state index in [0.29, 0.717) is 15.6 Å². The SMILES string of the molecule is COc1cc(OC(F)(F)F)cc(C(C)(C)c2cc(Br)cc([N+](=O)[O-])c2)c1. The normalized spacial score (nSPS) is 12.0. The molecular formula is C17H15BrF3NO4. The number of halogens is 4. The third-order valence-electron chi connectivity index (χ3n) is 3.89. The average molecular weight is 434 g/mol. The molecule has 2 aromatic carbocycles. The fourth-order valence-electron chi connectivity index (χ4n) is 2.45. The van der Waals surface area contributed by atoms with Crippen LogP contribution < -0.4 is 9.47 Å². The maximum Gasteiger partial charge on any atom is 0.573 e. The van der Waals surface area contributed by atoms with Crippen LogP contribution in [0.25, 0.3) is 0 Å². The second kappa shape index (κ2) is 7.14. The second-order valence-electron chi connectivity index (χ2n) is 6.03. The largest absolute Gasteiger partial charge is 0.573 e. The van der Waals surface area contributed by atoms with E-state index >= 15 is 0 Å². The van der Waals surface area contributed by atoms with Gasteiger partial charge in [0.25, 0.3) is 5.69 Å². The van der Waals surface area contributed by atoms with E-state index in [-0.39, 0.29) is 11.4 Å². The van der Waals surface area contributed by atoms with E-state index in [1.807, 2.05) is 0 Å². The van der Waals surface area contributed by atoms with Gasteiger partial charge in [-0.1, -0.05) is 29.8 Å². The Labute approximate surface area is 156 Å². The van der Waals surface area contributed by atoms with Crippen molar-refractivity contribution in [2.75, 3.05) is 7.11 Å². The van der Waals surface area contributed by atoms with E-state index in [1.54, 1.807) is 26.0 Å². The summed E-state index contributed by atoms with van der Waals surface area (Å²) in [7, 11) is 1.33. The number of methoxy groups -OCH3 is 1. The summed E-state index contributed by atoms with van der Waals surface area (Å²) < 4.78 is 47.3. The Hall–Kier alpha value is -2.29. The molecule has 0 bridgehead atoms. The van der Waals surface area contributed by atoms with Crippen molar-refractivity contribution in [3.63, 3.8) is 0 Å². The molecule has 0 saturated carbocycles. The maximum absolute atomic E-state index is 12.6. The molecule has 0 aliphatic carbocycles. The van der Waals surface area contributed by atoms with Gasteiger partial charge in [-0.25, -0.2) is 0 Å². The molecule has 9 heteroatoms. The molecule has 0 aliphatic rings. The lowest BCUT2D eigenvalue weighted by molar-refractivity contribution is -0.385. The van der Waals surface area contributed by atoms with Crippen LogP contribution in [0.15, 0.2) is 40.9 Å². The van der Waals surface area contributed by atoms with Crippen LogP contribution in [0.1, 0.15) is 25.0 Å². The molecule has 5 nitrogen and oxygen atoms in total. The minimum absolute atomic E-state index is 0.128. The van der Waals surface area contributed by atoms with E-state index in [1.165, 1.54) is 25.3 Å². The molecule has 0 atom stereocenters. The van der Waals surface area contributed by atoms with Crippen molar-refractivity contribution in [2.45, 2.75) is 25.6 Å². The van der Waals surface area contributed by atoms with Crippen molar-refractivity contribution in [3.8, 4) is 11.5 Å². The second-order valence-corrected chi connectivity index (χ2v) is 6.94. The number of nitro benzene ring substituents is 1. The molecule has 2 rings (SSSR count). The molecule has 0 radical (unpaired) electrons. The minimum Gasteiger partial charge on any atom is -0.497 e. The third kappa shape index (κ3) is 4.66. The fraction of sp³-hybridized carbons (Fsp3) is 0.294. The number of hydrogen-bond donors (Lipinski definition) is 0. The quantitative estimate of drug-likeness (QED) is 0.455. The summed E-state index contributed by atoms with van der Waals surface area (Å²) in [6.45, 7) is 3.48. The highest BCUT2D eigenvalue weighted by Crippen LogP contribution is 2.39. The molecule has 0 aromatic heterocycles. The number of nitro groups is 1. The summed E-state index contributed by atoms with van der Waals surface area (Å²) in [5, 5.41) is 11.1. The summed E-state index contributed by atoms with van der Waals surface area (Å²) in [5.41, 5.74) is 0.0117. The van der Waals surface area contributed by atoms with Crippen LogP contribution in [-0.4, -0.2) is 18.4 Å². The molecule has 26 heavy (non-hydrogen) atoms. The molecular weight excluding hydrogens is 419 g/mol. The first-order valence-electron chi connectivity index (χ1n) is 7.33.